The number of hydrogen-bond donors (Lipinski definition) is 0. The number of nitriles is 4. The zero-order valence-corrected chi connectivity index (χ0v) is 13.2. The van der Waals surface area contributed by atoms with Crippen LogP contribution in [0.1, 0.15) is 0 Å². The van der Waals surface area contributed by atoms with Gasteiger partial charge in [0.05, 0.1) is 22.9 Å². The van der Waals surface area contributed by atoms with Crippen molar-refractivity contribution in [1.29, 1.82) is 21.0 Å². The van der Waals surface area contributed by atoms with Crippen molar-refractivity contribution in [2.45, 2.75) is 0 Å². The van der Waals surface area contributed by atoms with Gasteiger partial charge in [0.25, 0.3) is 0 Å². The van der Waals surface area contributed by atoms with E-state index in [1.807, 2.05) is 24.3 Å². The molecule has 0 bridgehead atoms. The summed E-state index contributed by atoms with van der Waals surface area (Å²) in [5.41, 5.74) is 1.58. The molecule has 118 valence electrons. The lowest BCUT2D eigenvalue weighted by molar-refractivity contribution is 1.26. The van der Waals surface area contributed by atoms with E-state index in [9.17, 15) is 10.5 Å². The van der Waals surface area contributed by atoms with Gasteiger partial charge in [-0.1, -0.05) is 0 Å². The lowest BCUT2D eigenvalue weighted by atomic mass is 10.1. The van der Waals surface area contributed by atoms with E-state index < -0.39 is 0 Å². The number of nitrogens with zero attached hydrogens (tertiary/aromatic N) is 7. The molecule has 0 aliphatic heterocycles. The molecule has 0 fully saturated rings. The first-order valence-corrected chi connectivity index (χ1v) is 7.28. The smallest absolute Gasteiger partial charge is 0.139 e. The second-order valence-electron chi connectivity index (χ2n) is 5.05. The molecule has 7 heteroatoms. The molecule has 0 aliphatic rings. The van der Waals surface area contributed by atoms with Crippen LogP contribution in [0.2, 0.25) is 0 Å². The lowest BCUT2D eigenvalue weighted by Crippen LogP contribution is -2.18. The fourth-order valence-electron chi connectivity index (χ4n) is 2.45. The van der Waals surface area contributed by atoms with Gasteiger partial charge in [-0.25, -0.2) is 4.98 Å². The summed E-state index contributed by atoms with van der Waals surface area (Å²) in [6, 6.07) is 13.8. The molecule has 7 nitrogen and oxygen atoms in total. The van der Waals surface area contributed by atoms with E-state index >= 15 is 0 Å². The van der Waals surface area contributed by atoms with Crippen LogP contribution in [0.3, 0.4) is 0 Å². The second kappa shape index (κ2) is 6.89. The summed E-state index contributed by atoms with van der Waals surface area (Å²) in [4.78, 5) is 12.8. The predicted molar refractivity (Wildman–Crippen MR) is 91.3 cm³/mol. The third kappa shape index (κ3) is 2.69. The molecule has 26 heavy (non-hydrogen) atoms. The summed E-state index contributed by atoms with van der Waals surface area (Å²) >= 11 is 0. The number of pyridine rings is 1. The fraction of sp³-hybridized carbons (Fsp3) is 0. The zero-order valence-electron chi connectivity index (χ0n) is 13.2. The van der Waals surface area contributed by atoms with E-state index in [1.165, 1.54) is 18.3 Å². The van der Waals surface area contributed by atoms with Gasteiger partial charge in [0.15, 0.2) is 0 Å². The molecule has 0 radical (unpaired) electrons. The standard InChI is InChI=1S/C19H7N7/c20-7-13(8-21)15-1-2-16(14(9-22)10-23)19-18(15)25-11-17(26-19)12-3-5-24-6-4-12/h1-6,11H. The highest BCUT2D eigenvalue weighted by atomic mass is 14.8. The minimum atomic E-state index is -0.127. The van der Waals surface area contributed by atoms with Crippen molar-refractivity contribution >= 4 is 22.2 Å². The number of fused-ring (bicyclic) bond motifs is 1. The molecular formula is C19H7N7. The normalized spacial score (nSPS) is 9.38. The predicted octanol–water partition coefficient (Wildman–Crippen LogP) is 1.09. The first kappa shape index (κ1) is 16.3. The van der Waals surface area contributed by atoms with Gasteiger partial charge in [0, 0.05) is 28.4 Å². The van der Waals surface area contributed by atoms with Gasteiger partial charge in [-0.3, -0.25) is 9.97 Å². The summed E-state index contributed by atoms with van der Waals surface area (Å²) in [5.74, 6) is 0. The average molecular weight is 333 g/mol. The van der Waals surface area contributed by atoms with Crippen LogP contribution in [0, 0.1) is 45.3 Å². The minimum absolute atomic E-state index is 0.122. The Kier molecular flexibility index (Phi) is 4.31. The molecule has 0 atom stereocenters. The number of rotatable bonds is 1. The Hall–Kier alpha value is -4.59. The van der Waals surface area contributed by atoms with E-state index in [0.717, 1.165) is 5.56 Å². The first-order chi connectivity index (χ1) is 12.7. The summed E-state index contributed by atoms with van der Waals surface area (Å²) in [6.45, 7) is 0. The Morgan fingerprint density at radius 2 is 1.27 bits per heavy atom. The van der Waals surface area contributed by atoms with Gasteiger partial charge in [-0.05, 0) is 24.3 Å². The van der Waals surface area contributed by atoms with Gasteiger partial charge < -0.3 is 0 Å². The molecule has 3 rings (SSSR count). The summed E-state index contributed by atoms with van der Waals surface area (Å²) in [7, 11) is 0. The SMILES string of the molecule is N#CC(C#N)=c1ccc(=C(C#N)C#N)c2nc(-c3ccncc3)cnc12. The van der Waals surface area contributed by atoms with Crippen molar-refractivity contribution < 1.29 is 0 Å². The monoisotopic (exact) mass is 333 g/mol. The molecule has 3 aromatic rings. The maximum Gasteiger partial charge on any atom is 0.139 e. The average Bonchev–Trinajstić information content (AvgIpc) is 2.71. The van der Waals surface area contributed by atoms with Crippen LogP contribution < -0.4 is 10.4 Å². The van der Waals surface area contributed by atoms with Crippen molar-refractivity contribution in [2.75, 3.05) is 0 Å². The van der Waals surface area contributed by atoms with Crippen LogP contribution in [0.15, 0.2) is 42.9 Å². The Bertz CT molecular complexity index is 1280. The highest BCUT2D eigenvalue weighted by Crippen LogP contribution is 2.16. The maximum absolute atomic E-state index is 9.22. The third-order valence-corrected chi connectivity index (χ3v) is 3.66. The molecule has 0 amide bonds. The highest BCUT2D eigenvalue weighted by Gasteiger charge is 2.10. The quantitative estimate of drug-likeness (QED) is 0.650. The lowest BCUT2D eigenvalue weighted by Gasteiger charge is -2.04. The van der Waals surface area contributed by atoms with E-state index in [4.69, 9.17) is 10.5 Å². The summed E-state index contributed by atoms with van der Waals surface area (Å²) < 4.78 is 0. The van der Waals surface area contributed by atoms with Crippen LogP contribution in [-0.2, 0) is 0 Å². The topological polar surface area (TPSA) is 134 Å². The molecule has 0 unspecified atom stereocenters. The van der Waals surface area contributed by atoms with Gasteiger partial charge in [-0.15, -0.1) is 0 Å². The number of hydrogen-bond acceptors (Lipinski definition) is 7. The van der Waals surface area contributed by atoms with Gasteiger partial charge in [0.2, 0.25) is 0 Å². The molecule has 0 saturated carbocycles. The first-order valence-electron chi connectivity index (χ1n) is 7.28. The maximum atomic E-state index is 9.22. The molecular weight excluding hydrogens is 326 g/mol. The van der Waals surface area contributed by atoms with E-state index in [-0.39, 0.29) is 22.2 Å². The molecule has 0 spiro atoms. The van der Waals surface area contributed by atoms with Crippen LogP contribution in [0.5, 0.6) is 0 Å². The van der Waals surface area contributed by atoms with Gasteiger partial charge >= 0.3 is 0 Å². The van der Waals surface area contributed by atoms with E-state index in [0.29, 0.717) is 16.1 Å². The fourth-order valence-corrected chi connectivity index (χ4v) is 2.45. The van der Waals surface area contributed by atoms with Crippen molar-refractivity contribution in [1.82, 2.24) is 15.0 Å². The molecule has 0 aliphatic carbocycles. The number of aromatic nitrogens is 3. The summed E-state index contributed by atoms with van der Waals surface area (Å²) in [5, 5.41) is 37.4. The van der Waals surface area contributed by atoms with Gasteiger partial charge in [0.1, 0.15) is 35.4 Å². The van der Waals surface area contributed by atoms with Crippen LogP contribution in [0.4, 0.5) is 0 Å². The molecule has 1 aromatic carbocycles. The van der Waals surface area contributed by atoms with E-state index in [1.54, 1.807) is 24.5 Å². The minimum Gasteiger partial charge on any atom is -0.265 e. The van der Waals surface area contributed by atoms with Crippen LogP contribution in [-0.4, -0.2) is 15.0 Å². The van der Waals surface area contributed by atoms with Crippen molar-refractivity contribution in [3.63, 3.8) is 0 Å². The van der Waals surface area contributed by atoms with Crippen LogP contribution in [0.25, 0.3) is 33.4 Å². The van der Waals surface area contributed by atoms with Crippen molar-refractivity contribution in [2.24, 2.45) is 0 Å². The number of benzene rings is 1. The van der Waals surface area contributed by atoms with Crippen LogP contribution >= 0.6 is 0 Å². The summed E-state index contributed by atoms with van der Waals surface area (Å²) in [6.07, 6.45) is 4.73. The zero-order chi connectivity index (χ0) is 18.5. The Labute approximate surface area is 147 Å². The molecule has 0 N–H and O–H groups in total. The Morgan fingerprint density at radius 1 is 0.731 bits per heavy atom. The Morgan fingerprint density at radius 3 is 1.81 bits per heavy atom. The Balaban J connectivity index is 2.56. The van der Waals surface area contributed by atoms with Gasteiger partial charge in [-0.2, -0.15) is 21.0 Å². The largest absolute Gasteiger partial charge is 0.265 e. The molecule has 2 heterocycles. The second-order valence-corrected chi connectivity index (χ2v) is 5.05. The molecule has 0 saturated heterocycles. The highest BCUT2D eigenvalue weighted by molar-refractivity contribution is 5.88. The third-order valence-electron chi connectivity index (χ3n) is 3.66. The van der Waals surface area contributed by atoms with Crippen molar-refractivity contribution in [3.8, 4) is 35.5 Å². The van der Waals surface area contributed by atoms with Crippen molar-refractivity contribution in [3.05, 3.63) is 53.3 Å². The van der Waals surface area contributed by atoms with E-state index in [2.05, 4.69) is 15.0 Å². The molecule has 2 aromatic heterocycles.